The van der Waals surface area contributed by atoms with Crippen molar-refractivity contribution in [2.45, 2.75) is 44.9 Å². The van der Waals surface area contributed by atoms with Gasteiger partial charge in [-0.1, -0.05) is 20.8 Å². The van der Waals surface area contributed by atoms with Gasteiger partial charge in [-0.3, -0.25) is 4.79 Å². The molecule has 0 aliphatic rings. The van der Waals surface area contributed by atoms with Gasteiger partial charge < -0.3 is 10.6 Å². The fraction of sp³-hybridized carbons (Fsp3) is 0.909. The summed E-state index contributed by atoms with van der Waals surface area (Å²) in [7, 11) is 1.67. The monoisotopic (exact) mass is 232 g/mol. The van der Waals surface area contributed by atoms with Crippen LogP contribution in [0, 0.1) is 0 Å². The van der Waals surface area contributed by atoms with E-state index in [4.69, 9.17) is 0 Å². The van der Waals surface area contributed by atoms with Crippen LogP contribution in [0.5, 0.6) is 0 Å². The maximum absolute atomic E-state index is 11.0. The summed E-state index contributed by atoms with van der Waals surface area (Å²) in [5, 5.41) is 5.95. The molecule has 0 aromatic heterocycles. The lowest BCUT2D eigenvalue weighted by Gasteiger charge is -2.21. The van der Waals surface area contributed by atoms with E-state index in [0.717, 1.165) is 12.3 Å². The average Bonchev–Trinajstić information content (AvgIpc) is 2.13. The van der Waals surface area contributed by atoms with Crippen LogP contribution >= 0.6 is 11.8 Å². The average molecular weight is 232 g/mol. The molecular formula is C11H24N2OS. The van der Waals surface area contributed by atoms with E-state index in [0.29, 0.717) is 17.2 Å². The molecule has 0 aliphatic heterocycles. The molecule has 0 bridgehead atoms. The molecule has 0 radical (unpaired) electrons. The highest BCUT2D eigenvalue weighted by Gasteiger charge is 2.12. The Labute approximate surface area is 97.8 Å². The molecule has 0 aromatic carbocycles. The normalized spacial score (nSPS) is 13.7. The van der Waals surface area contributed by atoms with Gasteiger partial charge in [0.25, 0.3) is 0 Å². The SMILES string of the molecule is CNC(=O)CCNC(C)CSC(C)(C)C. The minimum Gasteiger partial charge on any atom is -0.359 e. The first-order chi connectivity index (χ1) is 6.85. The second-order valence-electron chi connectivity index (χ2n) is 4.70. The molecule has 3 nitrogen and oxygen atoms in total. The standard InChI is InChI=1S/C11H24N2OS/c1-9(8-15-11(2,3)4)13-7-6-10(14)12-5/h9,13H,6-8H2,1-5H3,(H,12,14). The zero-order valence-corrected chi connectivity index (χ0v) is 11.3. The maximum Gasteiger partial charge on any atom is 0.221 e. The third-order valence-electron chi connectivity index (χ3n) is 1.89. The highest BCUT2D eigenvalue weighted by Crippen LogP contribution is 2.23. The fourth-order valence-electron chi connectivity index (χ4n) is 0.991. The molecule has 4 heteroatoms. The number of carbonyl (C=O) groups is 1. The van der Waals surface area contributed by atoms with Gasteiger partial charge in [-0.05, 0) is 6.92 Å². The molecular weight excluding hydrogens is 208 g/mol. The van der Waals surface area contributed by atoms with Gasteiger partial charge in [-0.25, -0.2) is 0 Å². The minimum atomic E-state index is 0.0955. The lowest BCUT2D eigenvalue weighted by atomic mass is 10.3. The van der Waals surface area contributed by atoms with Gasteiger partial charge in [-0.2, -0.15) is 11.8 Å². The summed E-state index contributed by atoms with van der Waals surface area (Å²) in [6.07, 6.45) is 0.557. The van der Waals surface area contributed by atoms with Crippen LogP contribution in [-0.2, 0) is 4.79 Å². The summed E-state index contributed by atoms with van der Waals surface area (Å²) in [5.74, 6) is 1.18. The summed E-state index contributed by atoms with van der Waals surface area (Å²) >= 11 is 1.94. The molecule has 0 rings (SSSR count). The first-order valence-electron chi connectivity index (χ1n) is 5.43. The first kappa shape index (κ1) is 14.8. The van der Waals surface area contributed by atoms with Crippen molar-refractivity contribution >= 4 is 17.7 Å². The van der Waals surface area contributed by atoms with Crippen molar-refractivity contribution in [2.24, 2.45) is 0 Å². The highest BCUT2D eigenvalue weighted by atomic mass is 32.2. The van der Waals surface area contributed by atoms with E-state index in [2.05, 4.69) is 38.3 Å². The Morgan fingerprint density at radius 2 is 2.00 bits per heavy atom. The molecule has 1 atom stereocenters. The summed E-state index contributed by atoms with van der Waals surface area (Å²) < 4.78 is 0.316. The Bertz CT molecular complexity index is 190. The van der Waals surface area contributed by atoms with Crippen LogP contribution in [0.3, 0.4) is 0 Å². The van der Waals surface area contributed by atoms with Gasteiger partial charge in [-0.15, -0.1) is 0 Å². The maximum atomic E-state index is 11.0. The van der Waals surface area contributed by atoms with Crippen LogP contribution in [0.1, 0.15) is 34.1 Å². The molecule has 0 fully saturated rings. The molecule has 1 amide bonds. The Hall–Kier alpha value is -0.220. The van der Waals surface area contributed by atoms with Gasteiger partial charge in [0, 0.05) is 36.6 Å². The predicted molar refractivity (Wildman–Crippen MR) is 68.4 cm³/mol. The number of rotatable bonds is 6. The molecule has 0 saturated heterocycles. The summed E-state index contributed by atoms with van der Waals surface area (Å²) in [5.41, 5.74) is 0. The molecule has 15 heavy (non-hydrogen) atoms. The molecule has 2 N–H and O–H groups in total. The third-order valence-corrected chi connectivity index (χ3v) is 3.42. The number of thioether (sulfide) groups is 1. The van der Waals surface area contributed by atoms with Crippen LogP contribution in [0.4, 0.5) is 0 Å². The van der Waals surface area contributed by atoms with Crippen molar-refractivity contribution in [3.63, 3.8) is 0 Å². The Balaban J connectivity index is 3.49. The van der Waals surface area contributed by atoms with E-state index >= 15 is 0 Å². The zero-order valence-electron chi connectivity index (χ0n) is 10.5. The van der Waals surface area contributed by atoms with Crippen molar-refractivity contribution < 1.29 is 4.79 Å². The quantitative estimate of drug-likeness (QED) is 0.731. The number of amides is 1. The molecule has 0 aliphatic carbocycles. The third kappa shape index (κ3) is 10.1. The molecule has 0 saturated carbocycles. The van der Waals surface area contributed by atoms with E-state index in [1.165, 1.54) is 0 Å². The Morgan fingerprint density at radius 3 is 2.47 bits per heavy atom. The van der Waals surface area contributed by atoms with E-state index < -0.39 is 0 Å². The number of nitrogens with one attached hydrogen (secondary N) is 2. The number of hydrogen-bond donors (Lipinski definition) is 2. The topological polar surface area (TPSA) is 41.1 Å². The molecule has 1 unspecified atom stereocenters. The molecule has 90 valence electrons. The van der Waals surface area contributed by atoms with Crippen molar-refractivity contribution in [3.05, 3.63) is 0 Å². The lowest BCUT2D eigenvalue weighted by Crippen LogP contribution is -2.33. The van der Waals surface area contributed by atoms with E-state index in [1.807, 2.05) is 11.8 Å². The van der Waals surface area contributed by atoms with Crippen molar-refractivity contribution in [1.29, 1.82) is 0 Å². The summed E-state index contributed by atoms with van der Waals surface area (Å²) in [4.78, 5) is 11.0. The number of hydrogen-bond acceptors (Lipinski definition) is 3. The Kier molecular flexibility index (Phi) is 7.02. The first-order valence-corrected chi connectivity index (χ1v) is 6.41. The highest BCUT2D eigenvalue weighted by molar-refractivity contribution is 8.00. The van der Waals surface area contributed by atoms with Crippen molar-refractivity contribution in [3.8, 4) is 0 Å². The van der Waals surface area contributed by atoms with Crippen molar-refractivity contribution in [1.82, 2.24) is 10.6 Å². The van der Waals surface area contributed by atoms with Crippen LogP contribution in [0.15, 0.2) is 0 Å². The van der Waals surface area contributed by atoms with E-state index in [-0.39, 0.29) is 5.91 Å². The van der Waals surface area contributed by atoms with Crippen molar-refractivity contribution in [2.75, 3.05) is 19.3 Å². The van der Waals surface area contributed by atoms with Crippen LogP contribution in [-0.4, -0.2) is 36.0 Å². The second kappa shape index (κ2) is 7.12. The summed E-state index contributed by atoms with van der Waals surface area (Å²) in [6, 6.07) is 0.457. The predicted octanol–water partition coefficient (Wildman–Crippen LogP) is 1.63. The minimum absolute atomic E-state index is 0.0955. The smallest absolute Gasteiger partial charge is 0.221 e. The summed E-state index contributed by atoms with van der Waals surface area (Å²) in [6.45, 7) is 9.56. The molecule has 0 aromatic rings. The molecule has 0 spiro atoms. The van der Waals surface area contributed by atoms with E-state index in [1.54, 1.807) is 7.05 Å². The zero-order chi connectivity index (χ0) is 11.9. The van der Waals surface area contributed by atoms with Crippen LogP contribution < -0.4 is 10.6 Å². The van der Waals surface area contributed by atoms with Gasteiger partial charge in [0.1, 0.15) is 0 Å². The van der Waals surface area contributed by atoms with Crippen LogP contribution in [0.2, 0.25) is 0 Å². The number of carbonyl (C=O) groups excluding carboxylic acids is 1. The van der Waals surface area contributed by atoms with Gasteiger partial charge in [0.05, 0.1) is 0 Å². The van der Waals surface area contributed by atoms with Crippen LogP contribution in [0.25, 0.3) is 0 Å². The Morgan fingerprint density at radius 1 is 1.40 bits per heavy atom. The van der Waals surface area contributed by atoms with Gasteiger partial charge in [0.2, 0.25) is 5.91 Å². The van der Waals surface area contributed by atoms with Gasteiger partial charge in [0.15, 0.2) is 0 Å². The second-order valence-corrected chi connectivity index (χ2v) is 6.55. The largest absolute Gasteiger partial charge is 0.359 e. The fourth-order valence-corrected chi connectivity index (χ4v) is 1.86. The van der Waals surface area contributed by atoms with E-state index in [9.17, 15) is 4.79 Å². The molecule has 0 heterocycles. The van der Waals surface area contributed by atoms with Gasteiger partial charge >= 0.3 is 0 Å². The lowest BCUT2D eigenvalue weighted by molar-refractivity contribution is -0.120.